The fourth-order valence-corrected chi connectivity index (χ4v) is 7.02. The molecule has 1 atom stereocenters. The van der Waals surface area contributed by atoms with Crippen LogP contribution in [0, 0.1) is 12.8 Å². The largest absolute Gasteiger partial charge is 0.340 e. The smallest absolute Gasteiger partial charge is 0.252 e. The third kappa shape index (κ3) is 4.77. The topological polar surface area (TPSA) is 60.9 Å². The van der Waals surface area contributed by atoms with Gasteiger partial charge in [0.15, 0.2) is 0 Å². The maximum absolute atomic E-state index is 13.1. The monoisotopic (exact) mass is 447 g/mol. The van der Waals surface area contributed by atoms with Gasteiger partial charge < -0.3 is 4.90 Å². The van der Waals surface area contributed by atoms with Gasteiger partial charge in [0.2, 0.25) is 5.91 Å². The third-order valence-electron chi connectivity index (χ3n) is 6.00. The minimum atomic E-state index is -3.49. The van der Waals surface area contributed by atoms with Gasteiger partial charge in [-0.25, -0.2) is 8.42 Å². The number of piperazine rings is 1. The SMILES string of the molecule is Cc1cccc(CN2CCN(C(=O)C3CCCN(S(=O)(=O)c4cccs4)C3)CC2)c1. The number of amides is 1. The molecule has 4 rings (SSSR count). The predicted octanol–water partition coefficient (Wildman–Crippen LogP) is 2.80. The Hall–Kier alpha value is -1.74. The van der Waals surface area contributed by atoms with E-state index in [1.807, 2.05) is 4.90 Å². The van der Waals surface area contributed by atoms with Crippen LogP contribution in [0.4, 0.5) is 0 Å². The molecule has 8 heteroatoms. The van der Waals surface area contributed by atoms with Crippen molar-refractivity contribution in [3.8, 4) is 0 Å². The van der Waals surface area contributed by atoms with Crippen LogP contribution in [0.15, 0.2) is 46.0 Å². The van der Waals surface area contributed by atoms with Gasteiger partial charge in [-0.1, -0.05) is 35.9 Å². The number of aryl methyl sites for hydroxylation is 1. The van der Waals surface area contributed by atoms with E-state index in [1.54, 1.807) is 17.5 Å². The van der Waals surface area contributed by atoms with Crippen molar-refractivity contribution in [2.75, 3.05) is 39.3 Å². The Morgan fingerprint density at radius 1 is 1.10 bits per heavy atom. The molecule has 1 unspecified atom stereocenters. The summed E-state index contributed by atoms with van der Waals surface area (Å²) in [4.78, 5) is 17.4. The molecule has 3 heterocycles. The fourth-order valence-electron chi connectivity index (χ4n) is 4.35. The van der Waals surface area contributed by atoms with Crippen LogP contribution in [-0.4, -0.2) is 67.7 Å². The van der Waals surface area contributed by atoms with Crippen LogP contribution < -0.4 is 0 Å². The Bertz CT molecular complexity index is 967. The molecule has 30 heavy (non-hydrogen) atoms. The van der Waals surface area contributed by atoms with Gasteiger partial charge in [-0.15, -0.1) is 11.3 Å². The zero-order chi connectivity index (χ0) is 21.1. The average molecular weight is 448 g/mol. The van der Waals surface area contributed by atoms with E-state index in [-0.39, 0.29) is 11.8 Å². The van der Waals surface area contributed by atoms with E-state index in [2.05, 4.69) is 36.1 Å². The lowest BCUT2D eigenvalue weighted by atomic mass is 9.97. The van der Waals surface area contributed by atoms with Crippen molar-refractivity contribution in [1.82, 2.24) is 14.1 Å². The van der Waals surface area contributed by atoms with E-state index in [1.165, 1.54) is 26.8 Å². The Kier molecular flexibility index (Phi) is 6.57. The molecule has 2 aliphatic rings. The lowest BCUT2D eigenvalue weighted by molar-refractivity contribution is -0.138. The Labute approximate surface area is 183 Å². The van der Waals surface area contributed by atoms with E-state index in [0.29, 0.717) is 30.4 Å². The minimum Gasteiger partial charge on any atom is -0.340 e. The number of nitrogens with zero attached hydrogens (tertiary/aromatic N) is 3. The first kappa shape index (κ1) is 21.5. The van der Waals surface area contributed by atoms with Crippen LogP contribution in [0.3, 0.4) is 0 Å². The molecule has 0 saturated carbocycles. The number of hydrogen-bond acceptors (Lipinski definition) is 5. The van der Waals surface area contributed by atoms with Crippen molar-refractivity contribution < 1.29 is 13.2 Å². The molecule has 2 aromatic rings. The van der Waals surface area contributed by atoms with Gasteiger partial charge in [0, 0.05) is 45.8 Å². The second-order valence-electron chi connectivity index (χ2n) is 8.22. The number of carbonyl (C=O) groups is 1. The second kappa shape index (κ2) is 9.18. The van der Waals surface area contributed by atoms with E-state index < -0.39 is 10.0 Å². The number of carbonyl (C=O) groups excluding carboxylic acids is 1. The number of sulfonamides is 1. The highest BCUT2D eigenvalue weighted by Crippen LogP contribution is 2.27. The Morgan fingerprint density at radius 3 is 2.60 bits per heavy atom. The molecule has 1 aromatic heterocycles. The van der Waals surface area contributed by atoms with E-state index in [9.17, 15) is 13.2 Å². The van der Waals surface area contributed by atoms with Gasteiger partial charge in [0.25, 0.3) is 10.0 Å². The molecule has 1 amide bonds. The van der Waals surface area contributed by atoms with Crippen LogP contribution in [0.25, 0.3) is 0 Å². The molecule has 0 radical (unpaired) electrons. The summed E-state index contributed by atoms with van der Waals surface area (Å²) < 4.78 is 27.5. The van der Waals surface area contributed by atoms with Crippen molar-refractivity contribution >= 4 is 27.3 Å². The van der Waals surface area contributed by atoms with Gasteiger partial charge in [0.05, 0.1) is 5.92 Å². The zero-order valence-electron chi connectivity index (χ0n) is 17.4. The molecule has 162 valence electrons. The van der Waals surface area contributed by atoms with Crippen LogP contribution in [-0.2, 0) is 21.4 Å². The van der Waals surface area contributed by atoms with Gasteiger partial charge in [-0.05, 0) is 36.8 Å². The van der Waals surface area contributed by atoms with E-state index in [4.69, 9.17) is 0 Å². The lowest BCUT2D eigenvalue weighted by Crippen LogP contribution is -2.52. The molecule has 2 fully saturated rings. The summed E-state index contributed by atoms with van der Waals surface area (Å²) in [6.45, 7) is 6.91. The number of benzene rings is 1. The summed E-state index contributed by atoms with van der Waals surface area (Å²) in [7, 11) is -3.49. The molecule has 1 aromatic carbocycles. The predicted molar refractivity (Wildman–Crippen MR) is 119 cm³/mol. The summed E-state index contributed by atoms with van der Waals surface area (Å²) in [6.07, 6.45) is 1.49. The quantitative estimate of drug-likeness (QED) is 0.707. The van der Waals surface area contributed by atoms with Gasteiger partial charge >= 0.3 is 0 Å². The standard InChI is InChI=1S/C22H29N3O3S2/c1-18-5-2-6-19(15-18)16-23-10-12-24(13-11-23)22(26)20-7-3-9-25(17-20)30(27,28)21-8-4-14-29-21/h2,4-6,8,14-15,20H,3,7,9-13,16-17H2,1H3. The van der Waals surface area contributed by atoms with Crippen molar-refractivity contribution in [3.63, 3.8) is 0 Å². The van der Waals surface area contributed by atoms with Gasteiger partial charge in [0.1, 0.15) is 4.21 Å². The van der Waals surface area contributed by atoms with Crippen molar-refractivity contribution in [3.05, 3.63) is 52.9 Å². The zero-order valence-corrected chi connectivity index (χ0v) is 19.0. The average Bonchev–Trinajstić information content (AvgIpc) is 3.30. The lowest BCUT2D eigenvalue weighted by Gasteiger charge is -2.38. The molecule has 6 nitrogen and oxygen atoms in total. The number of thiophene rings is 1. The molecule has 0 spiro atoms. The molecule has 0 aliphatic carbocycles. The first-order valence-electron chi connectivity index (χ1n) is 10.5. The Morgan fingerprint density at radius 2 is 1.90 bits per heavy atom. The molecule has 2 aliphatic heterocycles. The van der Waals surface area contributed by atoms with Gasteiger partial charge in [-0.3, -0.25) is 9.69 Å². The maximum atomic E-state index is 13.1. The molecular formula is C22H29N3O3S2. The van der Waals surface area contributed by atoms with Crippen LogP contribution >= 0.6 is 11.3 Å². The molecular weight excluding hydrogens is 418 g/mol. The minimum absolute atomic E-state index is 0.108. The Balaban J connectivity index is 1.32. The molecule has 0 N–H and O–H groups in total. The molecule has 0 bridgehead atoms. The highest BCUT2D eigenvalue weighted by molar-refractivity contribution is 7.91. The van der Waals surface area contributed by atoms with Crippen molar-refractivity contribution in [1.29, 1.82) is 0 Å². The van der Waals surface area contributed by atoms with Crippen molar-refractivity contribution in [2.45, 2.75) is 30.5 Å². The number of hydrogen-bond donors (Lipinski definition) is 0. The summed E-state index contributed by atoms with van der Waals surface area (Å²) in [5, 5.41) is 1.77. The van der Waals surface area contributed by atoms with Crippen LogP contribution in [0.2, 0.25) is 0 Å². The summed E-state index contributed by atoms with van der Waals surface area (Å²) in [5.74, 6) is -0.131. The number of rotatable bonds is 5. The summed E-state index contributed by atoms with van der Waals surface area (Å²) in [5.41, 5.74) is 2.57. The van der Waals surface area contributed by atoms with Crippen LogP contribution in [0.5, 0.6) is 0 Å². The van der Waals surface area contributed by atoms with E-state index >= 15 is 0 Å². The maximum Gasteiger partial charge on any atom is 0.252 e. The normalized spacial score (nSPS) is 21.6. The highest BCUT2D eigenvalue weighted by atomic mass is 32.2. The van der Waals surface area contributed by atoms with Gasteiger partial charge in [-0.2, -0.15) is 4.31 Å². The fraction of sp³-hybridized carbons (Fsp3) is 0.500. The first-order chi connectivity index (χ1) is 14.4. The summed E-state index contributed by atoms with van der Waals surface area (Å²) in [6, 6.07) is 11.9. The third-order valence-corrected chi connectivity index (χ3v) is 9.23. The summed E-state index contributed by atoms with van der Waals surface area (Å²) >= 11 is 1.23. The number of piperidine rings is 1. The van der Waals surface area contributed by atoms with E-state index in [0.717, 1.165) is 32.5 Å². The van der Waals surface area contributed by atoms with Crippen LogP contribution in [0.1, 0.15) is 24.0 Å². The second-order valence-corrected chi connectivity index (χ2v) is 11.3. The van der Waals surface area contributed by atoms with Crippen molar-refractivity contribution in [2.24, 2.45) is 5.92 Å². The molecule has 2 saturated heterocycles. The highest BCUT2D eigenvalue weighted by Gasteiger charge is 2.36. The first-order valence-corrected chi connectivity index (χ1v) is 12.9.